The van der Waals surface area contributed by atoms with Crippen LogP contribution in [0.3, 0.4) is 0 Å². The van der Waals surface area contributed by atoms with E-state index in [1.54, 1.807) is 19.1 Å². The Hall–Kier alpha value is -1.39. The molecule has 4 nitrogen and oxygen atoms in total. The maximum atomic E-state index is 11.4. The molecule has 0 heterocycles. The van der Waals surface area contributed by atoms with Gasteiger partial charge in [-0.05, 0) is 24.5 Å². The summed E-state index contributed by atoms with van der Waals surface area (Å²) >= 11 is 0. The van der Waals surface area contributed by atoms with Gasteiger partial charge in [0.2, 0.25) is 0 Å². The predicted molar refractivity (Wildman–Crippen MR) is 65.4 cm³/mol. The summed E-state index contributed by atoms with van der Waals surface area (Å²) in [6, 6.07) is 6.35. The van der Waals surface area contributed by atoms with Gasteiger partial charge in [-0.1, -0.05) is 31.2 Å². The molecule has 0 aliphatic heterocycles. The Morgan fingerprint density at radius 1 is 1.35 bits per heavy atom. The van der Waals surface area contributed by atoms with Crippen molar-refractivity contribution in [3.05, 3.63) is 35.4 Å². The van der Waals surface area contributed by atoms with Gasteiger partial charge in [-0.2, -0.15) is 0 Å². The Bertz CT molecular complexity index is 361. The molecule has 0 saturated heterocycles. The molecule has 0 aliphatic rings. The van der Waals surface area contributed by atoms with E-state index in [0.717, 1.165) is 6.42 Å². The Labute approximate surface area is 101 Å². The fraction of sp³-hybridized carbons (Fsp3) is 0.462. The summed E-state index contributed by atoms with van der Waals surface area (Å²) in [5.41, 5.74) is 7.42. The van der Waals surface area contributed by atoms with Crippen LogP contribution in [0.1, 0.15) is 31.1 Å². The molecule has 0 saturated carbocycles. The SMILES string of the molecule is CCOC(=O)C(N)C(O)c1ccc(CC)cc1. The normalized spacial score (nSPS) is 14.1. The van der Waals surface area contributed by atoms with Gasteiger partial charge in [-0.25, -0.2) is 0 Å². The highest BCUT2D eigenvalue weighted by Gasteiger charge is 2.25. The van der Waals surface area contributed by atoms with Crippen LogP contribution >= 0.6 is 0 Å². The lowest BCUT2D eigenvalue weighted by Crippen LogP contribution is -2.38. The third-order valence-corrected chi connectivity index (χ3v) is 2.63. The zero-order chi connectivity index (χ0) is 12.8. The summed E-state index contributed by atoms with van der Waals surface area (Å²) in [5.74, 6) is -0.584. The van der Waals surface area contributed by atoms with E-state index in [1.165, 1.54) is 5.56 Å². The molecular formula is C13H19NO3. The van der Waals surface area contributed by atoms with Gasteiger partial charge in [0, 0.05) is 0 Å². The topological polar surface area (TPSA) is 72.5 Å². The van der Waals surface area contributed by atoms with Crippen LogP contribution in [0.15, 0.2) is 24.3 Å². The van der Waals surface area contributed by atoms with Gasteiger partial charge >= 0.3 is 5.97 Å². The quantitative estimate of drug-likeness (QED) is 0.754. The first-order valence-corrected chi connectivity index (χ1v) is 5.79. The smallest absolute Gasteiger partial charge is 0.325 e. The minimum atomic E-state index is -1.04. The lowest BCUT2D eigenvalue weighted by molar-refractivity contribution is -0.147. The number of aryl methyl sites for hydroxylation is 1. The number of hydrogen-bond donors (Lipinski definition) is 2. The molecule has 0 amide bonds. The van der Waals surface area contributed by atoms with E-state index in [-0.39, 0.29) is 6.61 Å². The second-order valence-corrected chi connectivity index (χ2v) is 3.82. The fourth-order valence-corrected chi connectivity index (χ4v) is 1.53. The Morgan fingerprint density at radius 3 is 2.41 bits per heavy atom. The number of carbonyl (C=O) groups excluding carboxylic acids is 1. The first kappa shape index (κ1) is 13.7. The molecule has 0 fully saturated rings. The lowest BCUT2D eigenvalue weighted by atomic mass is 10.0. The van der Waals surface area contributed by atoms with Crippen LogP contribution in [0.5, 0.6) is 0 Å². The number of hydrogen-bond acceptors (Lipinski definition) is 4. The van der Waals surface area contributed by atoms with Crippen molar-refractivity contribution in [1.82, 2.24) is 0 Å². The van der Waals surface area contributed by atoms with Crippen LogP contribution in [-0.2, 0) is 16.0 Å². The summed E-state index contributed by atoms with van der Waals surface area (Å²) in [7, 11) is 0. The van der Waals surface area contributed by atoms with E-state index in [0.29, 0.717) is 5.56 Å². The third-order valence-electron chi connectivity index (χ3n) is 2.63. The molecule has 3 N–H and O–H groups in total. The van der Waals surface area contributed by atoms with E-state index in [4.69, 9.17) is 10.5 Å². The predicted octanol–water partition coefficient (Wildman–Crippen LogP) is 1.17. The second-order valence-electron chi connectivity index (χ2n) is 3.82. The van der Waals surface area contributed by atoms with Crippen molar-refractivity contribution in [1.29, 1.82) is 0 Å². The second kappa shape index (κ2) is 6.37. The van der Waals surface area contributed by atoms with E-state index >= 15 is 0 Å². The largest absolute Gasteiger partial charge is 0.465 e. The molecule has 17 heavy (non-hydrogen) atoms. The van der Waals surface area contributed by atoms with Crippen LogP contribution in [0, 0.1) is 0 Å². The minimum absolute atomic E-state index is 0.258. The van der Waals surface area contributed by atoms with E-state index in [1.807, 2.05) is 12.1 Å². The first-order chi connectivity index (χ1) is 8.10. The number of aliphatic hydroxyl groups is 1. The zero-order valence-corrected chi connectivity index (χ0v) is 10.2. The summed E-state index contributed by atoms with van der Waals surface area (Å²) < 4.78 is 4.77. The van der Waals surface area contributed by atoms with Crippen molar-refractivity contribution in [2.24, 2.45) is 5.73 Å². The summed E-state index contributed by atoms with van der Waals surface area (Å²) in [6.45, 7) is 4.01. The highest BCUT2D eigenvalue weighted by molar-refractivity contribution is 5.76. The molecule has 0 aliphatic carbocycles. The van der Waals surface area contributed by atoms with Gasteiger partial charge in [-0.15, -0.1) is 0 Å². The first-order valence-electron chi connectivity index (χ1n) is 5.79. The summed E-state index contributed by atoms with van der Waals surface area (Å²) in [6.07, 6.45) is -0.0970. The average molecular weight is 237 g/mol. The van der Waals surface area contributed by atoms with Gasteiger partial charge in [0.05, 0.1) is 6.61 Å². The van der Waals surface area contributed by atoms with Gasteiger partial charge < -0.3 is 15.6 Å². The minimum Gasteiger partial charge on any atom is -0.465 e. The third kappa shape index (κ3) is 3.54. The highest BCUT2D eigenvalue weighted by Crippen LogP contribution is 2.17. The molecular weight excluding hydrogens is 218 g/mol. The van der Waals surface area contributed by atoms with Gasteiger partial charge in [-0.3, -0.25) is 4.79 Å². The highest BCUT2D eigenvalue weighted by atomic mass is 16.5. The molecule has 1 rings (SSSR count). The number of nitrogens with two attached hydrogens (primary N) is 1. The Balaban J connectivity index is 2.73. The number of rotatable bonds is 5. The van der Waals surface area contributed by atoms with Gasteiger partial charge in [0.25, 0.3) is 0 Å². The van der Waals surface area contributed by atoms with Crippen molar-refractivity contribution in [2.75, 3.05) is 6.61 Å². The van der Waals surface area contributed by atoms with Crippen LogP contribution in [-0.4, -0.2) is 23.7 Å². The number of ether oxygens (including phenoxy) is 1. The van der Waals surface area contributed by atoms with E-state index in [9.17, 15) is 9.90 Å². The summed E-state index contributed by atoms with van der Waals surface area (Å²) in [5, 5.41) is 9.92. The summed E-state index contributed by atoms with van der Waals surface area (Å²) in [4.78, 5) is 11.4. The zero-order valence-electron chi connectivity index (χ0n) is 10.2. The fourth-order valence-electron chi connectivity index (χ4n) is 1.53. The molecule has 0 radical (unpaired) electrons. The average Bonchev–Trinajstić information content (AvgIpc) is 2.37. The van der Waals surface area contributed by atoms with Crippen LogP contribution in [0.2, 0.25) is 0 Å². The molecule has 94 valence electrons. The van der Waals surface area contributed by atoms with Gasteiger partial charge in [0.1, 0.15) is 12.1 Å². The van der Waals surface area contributed by atoms with Crippen LogP contribution in [0.25, 0.3) is 0 Å². The Kier molecular flexibility index (Phi) is 5.12. The van der Waals surface area contributed by atoms with E-state index < -0.39 is 18.1 Å². The molecule has 2 unspecified atom stereocenters. The van der Waals surface area contributed by atoms with Crippen molar-refractivity contribution in [3.8, 4) is 0 Å². The molecule has 0 bridgehead atoms. The molecule has 2 atom stereocenters. The van der Waals surface area contributed by atoms with Crippen molar-refractivity contribution in [3.63, 3.8) is 0 Å². The van der Waals surface area contributed by atoms with Crippen molar-refractivity contribution >= 4 is 5.97 Å². The van der Waals surface area contributed by atoms with Crippen LogP contribution in [0.4, 0.5) is 0 Å². The van der Waals surface area contributed by atoms with E-state index in [2.05, 4.69) is 6.92 Å². The number of aliphatic hydroxyl groups excluding tert-OH is 1. The maximum absolute atomic E-state index is 11.4. The Morgan fingerprint density at radius 2 is 1.94 bits per heavy atom. The monoisotopic (exact) mass is 237 g/mol. The molecule has 1 aromatic carbocycles. The molecule has 0 aromatic heterocycles. The standard InChI is InChI=1S/C13H19NO3/c1-3-9-5-7-10(8-6-9)12(15)11(14)13(16)17-4-2/h5-8,11-12,15H,3-4,14H2,1-2H3. The molecule has 4 heteroatoms. The molecule has 1 aromatic rings. The lowest BCUT2D eigenvalue weighted by Gasteiger charge is -2.17. The number of benzene rings is 1. The number of carbonyl (C=O) groups is 1. The van der Waals surface area contributed by atoms with Crippen molar-refractivity contribution in [2.45, 2.75) is 32.4 Å². The molecule has 0 spiro atoms. The maximum Gasteiger partial charge on any atom is 0.325 e. The van der Waals surface area contributed by atoms with Crippen molar-refractivity contribution < 1.29 is 14.6 Å². The van der Waals surface area contributed by atoms with Crippen LogP contribution < -0.4 is 5.73 Å². The van der Waals surface area contributed by atoms with Gasteiger partial charge in [0.15, 0.2) is 0 Å². The number of esters is 1.